The zero-order valence-corrected chi connectivity index (χ0v) is 20.9. The first kappa shape index (κ1) is 25.7. The van der Waals surface area contributed by atoms with E-state index in [0.717, 1.165) is 22.4 Å². The van der Waals surface area contributed by atoms with Crippen molar-refractivity contribution in [2.24, 2.45) is 5.92 Å². The topological polar surface area (TPSA) is 65.0 Å². The fourth-order valence-electron chi connectivity index (χ4n) is 4.80. The summed E-state index contributed by atoms with van der Waals surface area (Å²) in [6.07, 6.45) is -0.408. The van der Waals surface area contributed by atoms with Gasteiger partial charge in [0.15, 0.2) is 6.61 Å². The number of aliphatic carboxylic acids is 1. The van der Waals surface area contributed by atoms with E-state index >= 15 is 0 Å². The summed E-state index contributed by atoms with van der Waals surface area (Å²) in [4.78, 5) is 11.2. The van der Waals surface area contributed by atoms with Crippen LogP contribution in [0, 0.1) is 11.7 Å². The SMILES string of the molecule is C=C(C)[C@H]1C[C@H](c2ccccc2Cl)[C@H](c2ccc(OC)cc2)O[C@@H]1c1cc(F)ccc1OCC(=O)O. The predicted octanol–water partition coefficient (Wildman–Crippen LogP) is 7.13. The molecular formula is C29H28ClFO5. The zero-order chi connectivity index (χ0) is 25.8. The van der Waals surface area contributed by atoms with Crippen LogP contribution >= 0.6 is 11.6 Å². The highest BCUT2D eigenvalue weighted by atomic mass is 35.5. The second-order valence-corrected chi connectivity index (χ2v) is 9.34. The molecule has 3 aromatic rings. The standard InChI is InChI=1S/C29H28ClFO5/c1-17(2)22-15-23(21-6-4-5-7-25(21)30)28(18-8-11-20(34-3)12-9-18)36-29(22)24-14-19(31)10-13-26(24)35-16-27(32)33/h4-14,22-23,28-29H,1,15-16H2,2-3H3,(H,32,33)/t22-,23-,28+,29+/m1/s1. The average molecular weight is 511 g/mol. The van der Waals surface area contributed by atoms with Gasteiger partial charge in [-0.05, 0) is 60.9 Å². The molecule has 0 bridgehead atoms. The molecule has 1 saturated heterocycles. The number of benzene rings is 3. The predicted molar refractivity (Wildman–Crippen MR) is 136 cm³/mol. The van der Waals surface area contributed by atoms with Gasteiger partial charge in [-0.15, -0.1) is 0 Å². The fourth-order valence-corrected chi connectivity index (χ4v) is 5.08. The Labute approximate surface area is 215 Å². The Bertz CT molecular complexity index is 1240. The van der Waals surface area contributed by atoms with Crippen molar-refractivity contribution in [2.45, 2.75) is 31.5 Å². The van der Waals surface area contributed by atoms with Crippen LogP contribution < -0.4 is 9.47 Å². The summed E-state index contributed by atoms with van der Waals surface area (Å²) < 4.78 is 32.1. The van der Waals surface area contributed by atoms with Gasteiger partial charge in [-0.1, -0.05) is 54.1 Å². The van der Waals surface area contributed by atoms with E-state index in [4.69, 9.17) is 30.9 Å². The van der Waals surface area contributed by atoms with Gasteiger partial charge in [0.1, 0.15) is 17.3 Å². The molecule has 3 aromatic carbocycles. The Hall–Kier alpha value is -3.35. The molecule has 0 aromatic heterocycles. The van der Waals surface area contributed by atoms with Crippen LogP contribution in [0.25, 0.3) is 0 Å². The van der Waals surface area contributed by atoms with Crippen molar-refractivity contribution in [3.8, 4) is 11.5 Å². The maximum Gasteiger partial charge on any atom is 0.341 e. The van der Waals surface area contributed by atoms with Crippen molar-refractivity contribution in [3.63, 3.8) is 0 Å². The monoisotopic (exact) mass is 510 g/mol. The Balaban J connectivity index is 1.82. The molecule has 4 rings (SSSR count). The zero-order valence-electron chi connectivity index (χ0n) is 20.1. The largest absolute Gasteiger partial charge is 0.497 e. The number of hydrogen-bond acceptors (Lipinski definition) is 4. The van der Waals surface area contributed by atoms with Crippen LogP contribution in [0.3, 0.4) is 0 Å². The quantitative estimate of drug-likeness (QED) is 0.326. The summed E-state index contributed by atoms with van der Waals surface area (Å²) in [7, 11) is 1.61. The van der Waals surface area contributed by atoms with E-state index in [2.05, 4.69) is 6.58 Å². The molecule has 188 valence electrons. The Morgan fingerprint density at radius 1 is 1.11 bits per heavy atom. The lowest BCUT2D eigenvalue weighted by atomic mass is 9.74. The molecule has 1 heterocycles. The molecule has 0 radical (unpaired) electrons. The van der Waals surface area contributed by atoms with Crippen molar-refractivity contribution < 1.29 is 28.5 Å². The van der Waals surface area contributed by atoms with Gasteiger partial charge in [-0.3, -0.25) is 0 Å². The molecule has 7 heteroatoms. The summed E-state index contributed by atoms with van der Waals surface area (Å²) in [5, 5.41) is 9.76. The third-order valence-corrected chi connectivity index (χ3v) is 6.89. The summed E-state index contributed by atoms with van der Waals surface area (Å²) in [5.74, 6) is -0.918. The van der Waals surface area contributed by atoms with Crippen LogP contribution in [0.4, 0.5) is 4.39 Å². The van der Waals surface area contributed by atoms with E-state index in [0.29, 0.717) is 17.0 Å². The van der Waals surface area contributed by atoms with Crippen LogP contribution in [0.5, 0.6) is 11.5 Å². The smallest absolute Gasteiger partial charge is 0.341 e. The minimum atomic E-state index is -1.12. The molecule has 0 unspecified atom stereocenters. The second-order valence-electron chi connectivity index (χ2n) is 8.93. The Morgan fingerprint density at radius 3 is 2.47 bits per heavy atom. The molecule has 36 heavy (non-hydrogen) atoms. The van der Waals surface area contributed by atoms with Gasteiger partial charge in [0.2, 0.25) is 0 Å². The summed E-state index contributed by atoms with van der Waals surface area (Å²) in [6, 6.07) is 19.3. The van der Waals surface area contributed by atoms with Crippen molar-refractivity contribution in [2.75, 3.05) is 13.7 Å². The number of carboxylic acid groups (broad SMARTS) is 1. The number of halogens is 2. The van der Waals surface area contributed by atoms with E-state index in [9.17, 15) is 9.18 Å². The Kier molecular flexibility index (Phi) is 7.97. The third-order valence-electron chi connectivity index (χ3n) is 6.54. The maximum absolute atomic E-state index is 14.4. The molecular weight excluding hydrogens is 483 g/mol. The van der Waals surface area contributed by atoms with Gasteiger partial charge in [0.25, 0.3) is 0 Å². The molecule has 0 aliphatic carbocycles. The highest BCUT2D eigenvalue weighted by Crippen LogP contribution is 2.54. The molecule has 0 saturated carbocycles. The van der Waals surface area contributed by atoms with Gasteiger partial charge in [0.05, 0.1) is 19.3 Å². The van der Waals surface area contributed by atoms with Gasteiger partial charge in [-0.25, -0.2) is 9.18 Å². The van der Waals surface area contributed by atoms with E-state index in [1.807, 2.05) is 55.5 Å². The fraction of sp³-hybridized carbons (Fsp3) is 0.276. The first-order chi connectivity index (χ1) is 17.3. The first-order valence-electron chi connectivity index (χ1n) is 11.6. The van der Waals surface area contributed by atoms with Gasteiger partial charge in [-0.2, -0.15) is 0 Å². The third kappa shape index (κ3) is 5.55. The number of carbonyl (C=O) groups is 1. The normalized spacial score (nSPS) is 21.6. The molecule has 1 fully saturated rings. The first-order valence-corrected chi connectivity index (χ1v) is 12.0. The lowest BCUT2D eigenvalue weighted by molar-refractivity contribution is -0.139. The Morgan fingerprint density at radius 2 is 1.83 bits per heavy atom. The minimum absolute atomic E-state index is 0.109. The molecule has 4 atom stereocenters. The summed E-state index contributed by atoms with van der Waals surface area (Å²) in [5.41, 5.74) is 3.17. The molecule has 1 aliphatic heterocycles. The van der Waals surface area contributed by atoms with Crippen LogP contribution in [0.15, 0.2) is 78.9 Å². The van der Waals surface area contributed by atoms with Gasteiger partial charge in [0, 0.05) is 22.4 Å². The second kappa shape index (κ2) is 11.1. The average Bonchev–Trinajstić information content (AvgIpc) is 2.87. The molecule has 0 amide bonds. The highest BCUT2D eigenvalue weighted by molar-refractivity contribution is 6.31. The molecule has 0 spiro atoms. The number of hydrogen-bond donors (Lipinski definition) is 1. The molecule has 1 N–H and O–H groups in total. The van der Waals surface area contributed by atoms with Crippen molar-refractivity contribution in [1.29, 1.82) is 0 Å². The van der Waals surface area contributed by atoms with Crippen LogP contribution in [0.1, 0.15) is 48.2 Å². The number of rotatable bonds is 8. The summed E-state index contributed by atoms with van der Waals surface area (Å²) in [6.45, 7) is 5.56. The van der Waals surface area contributed by atoms with E-state index < -0.39 is 30.6 Å². The van der Waals surface area contributed by atoms with E-state index in [1.165, 1.54) is 18.2 Å². The molecule has 5 nitrogen and oxygen atoms in total. The summed E-state index contributed by atoms with van der Waals surface area (Å²) >= 11 is 6.63. The minimum Gasteiger partial charge on any atom is -0.497 e. The molecule has 1 aliphatic rings. The van der Waals surface area contributed by atoms with Crippen LogP contribution in [-0.4, -0.2) is 24.8 Å². The highest BCUT2D eigenvalue weighted by Gasteiger charge is 2.42. The number of ether oxygens (including phenoxy) is 3. The van der Waals surface area contributed by atoms with Gasteiger partial charge >= 0.3 is 5.97 Å². The van der Waals surface area contributed by atoms with Gasteiger partial charge < -0.3 is 19.3 Å². The van der Waals surface area contributed by atoms with E-state index in [-0.39, 0.29) is 17.6 Å². The lowest BCUT2D eigenvalue weighted by Crippen LogP contribution is -2.32. The van der Waals surface area contributed by atoms with Crippen LogP contribution in [-0.2, 0) is 9.53 Å². The maximum atomic E-state index is 14.4. The lowest BCUT2D eigenvalue weighted by Gasteiger charge is -2.43. The van der Waals surface area contributed by atoms with Crippen LogP contribution in [0.2, 0.25) is 5.02 Å². The van der Waals surface area contributed by atoms with Crippen molar-refractivity contribution in [1.82, 2.24) is 0 Å². The van der Waals surface area contributed by atoms with Crippen molar-refractivity contribution >= 4 is 17.6 Å². The number of carboxylic acids is 1. The van der Waals surface area contributed by atoms with E-state index in [1.54, 1.807) is 7.11 Å². The number of methoxy groups -OCH3 is 1. The van der Waals surface area contributed by atoms with Crippen molar-refractivity contribution in [3.05, 3.63) is 106 Å².